The van der Waals surface area contributed by atoms with Gasteiger partial charge in [-0.15, -0.1) is 0 Å². The zero-order valence-corrected chi connectivity index (χ0v) is 9.50. The molecule has 0 atom stereocenters. The zero-order valence-electron chi connectivity index (χ0n) is 7.98. The Balaban J connectivity index is 2.27. The van der Waals surface area contributed by atoms with Crippen LogP contribution in [0.15, 0.2) is 24.3 Å². The van der Waals surface area contributed by atoms with Gasteiger partial charge < -0.3 is 11.1 Å². The van der Waals surface area contributed by atoms with Crippen LogP contribution in [0.25, 0.3) is 0 Å². The minimum atomic E-state index is 0.0337. The molecule has 0 bridgehead atoms. The van der Waals surface area contributed by atoms with E-state index in [2.05, 4.69) is 20.3 Å². The Morgan fingerprint density at radius 3 is 2.38 bits per heavy atom. The van der Waals surface area contributed by atoms with Crippen molar-refractivity contribution in [1.29, 1.82) is 0 Å². The first-order chi connectivity index (χ1) is 7.63. The SMILES string of the molecule is Nc1cccc(Nc2nc(Cl)nc(Cl)n2)c1. The Morgan fingerprint density at radius 2 is 1.75 bits per heavy atom. The average Bonchev–Trinajstić information content (AvgIpc) is 2.15. The quantitative estimate of drug-likeness (QED) is 0.807. The van der Waals surface area contributed by atoms with Gasteiger partial charge >= 0.3 is 0 Å². The fourth-order valence-electron chi connectivity index (χ4n) is 1.13. The van der Waals surface area contributed by atoms with E-state index in [0.717, 1.165) is 5.69 Å². The topological polar surface area (TPSA) is 76.7 Å². The zero-order chi connectivity index (χ0) is 11.5. The minimum Gasteiger partial charge on any atom is -0.399 e. The highest BCUT2D eigenvalue weighted by molar-refractivity contribution is 6.31. The molecule has 82 valence electrons. The molecule has 5 nitrogen and oxygen atoms in total. The molecule has 7 heteroatoms. The largest absolute Gasteiger partial charge is 0.399 e. The van der Waals surface area contributed by atoms with E-state index in [-0.39, 0.29) is 16.5 Å². The van der Waals surface area contributed by atoms with Gasteiger partial charge in [0.25, 0.3) is 0 Å². The van der Waals surface area contributed by atoms with Gasteiger partial charge in [0.05, 0.1) is 0 Å². The number of nitrogen functional groups attached to an aromatic ring is 1. The highest BCUT2D eigenvalue weighted by atomic mass is 35.5. The third kappa shape index (κ3) is 2.71. The summed E-state index contributed by atoms with van der Waals surface area (Å²) in [7, 11) is 0. The van der Waals surface area contributed by atoms with Crippen LogP contribution in [0.5, 0.6) is 0 Å². The summed E-state index contributed by atoms with van der Waals surface area (Å²) in [6.45, 7) is 0. The van der Waals surface area contributed by atoms with Crippen molar-refractivity contribution in [2.45, 2.75) is 0 Å². The number of nitrogens with one attached hydrogen (secondary N) is 1. The van der Waals surface area contributed by atoms with E-state index in [1.165, 1.54) is 0 Å². The first kappa shape index (κ1) is 10.9. The third-order valence-electron chi connectivity index (χ3n) is 1.72. The molecule has 2 aromatic rings. The smallest absolute Gasteiger partial charge is 0.232 e. The van der Waals surface area contributed by atoms with Gasteiger partial charge in [-0.2, -0.15) is 15.0 Å². The van der Waals surface area contributed by atoms with E-state index < -0.39 is 0 Å². The first-order valence-corrected chi connectivity index (χ1v) is 5.09. The number of nitrogens with zero attached hydrogens (tertiary/aromatic N) is 3. The lowest BCUT2D eigenvalue weighted by atomic mass is 10.3. The van der Waals surface area contributed by atoms with Gasteiger partial charge in [-0.25, -0.2) is 0 Å². The van der Waals surface area contributed by atoms with Crippen molar-refractivity contribution in [3.63, 3.8) is 0 Å². The van der Waals surface area contributed by atoms with Gasteiger partial charge in [0, 0.05) is 11.4 Å². The molecule has 0 aliphatic carbocycles. The summed E-state index contributed by atoms with van der Waals surface area (Å²) in [5.74, 6) is 0.274. The maximum Gasteiger partial charge on any atom is 0.232 e. The van der Waals surface area contributed by atoms with Gasteiger partial charge in [-0.05, 0) is 41.4 Å². The second kappa shape index (κ2) is 4.51. The van der Waals surface area contributed by atoms with E-state index in [1.54, 1.807) is 12.1 Å². The molecule has 1 aromatic heterocycles. The maximum absolute atomic E-state index is 5.64. The molecule has 0 saturated heterocycles. The van der Waals surface area contributed by atoms with Crippen LogP contribution in [0.4, 0.5) is 17.3 Å². The predicted molar refractivity (Wildman–Crippen MR) is 64.0 cm³/mol. The summed E-state index contributed by atoms with van der Waals surface area (Å²) in [5.41, 5.74) is 7.01. The minimum absolute atomic E-state index is 0.0337. The molecule has 0 unspecified atom stereocenters. The fourth-order valence-corrected chi connectivity index (χ4v) is 1.49. The van der Waals surface area contributed by atoms with E-state index in [1.807, 2.05) is 12.1 Å². The highest BCUT2D eigenvalue weighted by Gasteiger charge is 2.03. The molecule has 0 aliphatic rings. The van der Waals surface area contributed by atoms with Gasteiger partial charge in [-0.3, -0.25) is 0 Å². The van der Waals surface area contributed by atoms with Crippen molar-refractivity contribution >= 4 is 40.5 Å². The van der Waals surface area contributed by atoms with Crippen molar-refractivity contribution < 1.29 is 0 Å². The molecule has 2 rings (SSSR count). The van der Waals surface area contributed by atoms with Crippen molar-refractivity contribution in [3.05, 3.63) is 34.8 Å². The van der Waals surface area contributed by atoms with Crippen LogP contribution < -0.4 is 11.1 Å². The molecule has 1 heterocycles. The van der Waals surface area contributed by atoms with Crippen molar-refractivity contribution in [3.8, 4) is 0 Å². The third-order valence-corrected chi connectivity index (χ3v) is 2.06. The molecular weight excluding hydrogens is 249 g/mol. The standard InChI is InChI=1S/C9H7Cl2N5/c10-7-14-8(11)16-9(15-7)13-6-3-1-2-5(12)4-6/h1-4H,12H2,(H,13,14,15,16). The normalized spacial score (nSPS) is 10.1. The predicted octanol–water partition coefficient (Wildman–Crippen LogP) is 2.50. The summed E-state index contributed by atoms with van der Waals surface area (Å²) in [6, 6.07) is 7.15. The van der Waals surface area contributed by atoms with Gasteiger partial charge in [0.1, 0.15) is 0 Å². The molecule has 3 N–H and O–H groups in total. The molecule has 0 saturated carbocycles. The average molecular weight is 256 g/mol. The molecule has 1 aromatic carbocycles. The Morgan fingerprint density at radius 1 is 1.06 bits per heavy atom. The summed E-state index contributed by atoms with van der Waals surface area (Å²) in [6.07, 6.45) is 0. The molecule has 0 aliphatic heterocycles. The maximum atomic E-state index is 5.64. The summed E-state index contributed by atoms with van der Waals surface area (Å²) < 4.78 is 0. The number of halogens is 2. The number of rotatable bonds is 2. The Hall–Kier alpha value is -1.59. The molecule has 0 spiro atoms. The van der Waals surface area contributed by atoms with Crippen molar-refractivity contribution in [2.75, 3.05) is 11.1 Å². The Bertz CT molecular complexity index is 497. The van der Waals surface area contributed by atoms with Crippen LogP contribution in [-0.4, -0.2) is 15.0 Å². The molecule has 0 fully saturated rings. The summed E-state index contributed by atoms with van der Waals surface area (Å²) in [4.78, 5) is 11.4. The van der Waals surface area contributed by atoms with Crippen LogP contribution >= 0.6 is 23.2 Å². The Labute approximate surface area is 102 Å². The first-order valence-electron chi connectivity index (χ1n) is 4.33. The van der Waals surface area contributed by atoms with E-state index in [9.17, 15) is 0 Å². The van der Waals surface area contributed by atoms with Crippen LogP contribution in [0.2, 0.25) is 10.6 Å². The molecular formula is C9H7Cl2N5. The van der Waals surface area contributed by atoms with Crippen molar-refractivity contribution in [2.24, 2.45) is 0 Å². The number of benzene rings is 1. The second-order valence-electron chi connectivity index (χ2n) is 2.95. The number of anilines is 3. The van der Waals surface area contributed by atoms with Gasteiger partial charge in [-0.1, -0.05) is 6.07 Å². The second-order valence-corrected chi connectivity index (χ2v) is 3.62. The van der Waals surface area contributed by atoms with Crippen LogP contribution in [0.1, 0.15) is 0 Å². The highest BCUT2D eigenvalue weighted by Crippen LogP contribution is 2.17. The van der Waals surface area contributed by atoms with Crippen LogP contribution in [-0.2, 0) is 0 Å². The lowest BCUT2D eigenvalue weighted by molar-refractivity contribution is 1.05. The summed E-state index contributed by atoms with van der Waals surface area (Å²) in [5, 5.41) is 2.98. The number of aromatic nitrogens is 3. The van der Waals surface area contributed by atoms with E-state index in [4.69, 9.17) is 28.9 Å². The van der Waals surface area contributed by atoms with Crippen LogP contribution in [0, 0.1) is 0 Å². The molecule has 0 radical (unpaired) electrons. The van der Waals surface area contributed by atoms with Crippen LogP contribution in [0.3, 0.4) is 0 Å². The Kier molecular flexibility index (Phi) is 3.07. The monoisotopic (exact) mass is 255 g/mol. The van der Waals surface area contributed by atoms with Gasteiger partial charge in [0.15, 0.2) is 0 Å². The lowest BCUT2D eigenvalue weighted by Crippen LogP contribution is -1.99. The lowest BCUT2D eigenvalue weighted by Gasteiger charge is -2.05. The molecule has 16 heavy (non-hydrogen) atoms. The van der Waals surface area contributed by atoms with E-state index in [0.29, 0.717) is 5.69 Å². The fraction of sp³-hybridized carbons (Fsp3) is 0. The molecule has 0 amide bonds. The van der Waals surface area contributed by atoms with Gasteiger partial charge in [0.2, 0.25) is 16.5 Å². The van der Waals surface area contributed by atoms with E-state index >= 15 is 0 Å². The number of hydrogen-bond acceptors (Lipinski definition) is 5. The van der Waals surface area contributed by atoms with Crippen molar-refractivity contribution in [1.82, 2.24) is 15.0 Å². The number of nitrogens with two attached hydrogens (primary N) is 1. The number of hydrogen-bond donors (Lipinski definition) is 2. The summed E-state index contributed by atoms with van der Waals surface area (Å²) >= 11 is 11.3.